The molecule has 1 amide bonds. The van der Waals surface area contributed by atoms with Crippen molar-refractivity contribution in [3.8, 4) is 23.0 Å². The average molecular weight is 526 g/mol. The van der Waals surface area contributed by atoms with Crippen molar-refractivity contribution in [3.63, 3.8) is 0 Å². The lowest BCUT2D eigenvalue weighted by atomic mass is 10.1. The fraction of sp³-hybridized carbons (Fsp3) is 0.125. The quantitative estimate of drug-likeness (QED) is 0.293. The number of thiocarbonyl (C=S) groups is 1. The Balaban J connectivity index is 1.50. The molecule has 0 saturated heterocycles. The molecule has 0 bridgehead atoms. The highest BCUT2D eigenvalue weighted by molar-refractivity contribution is 9.10. The van der Waals surface area contributed by atoms with Gasteiger partial charge in [0.05, 0.1) is 18.2 Å². The molecule has 0 aliphatic carbocycles. The largest absolute Gasteiger partial charge is 0.507 e. The maximum absolute atomic E-state index is 12.7. The number of halogens is 1. The van der Waals surface area contributed by atoms with E-state index in [0.29, 0.717) is 39.6 Å². The highest BCUT2D eigenvalue weighted by Crippen LogP contribution is 2.33. The predicted octanol–water partition coefficient (Wildman–Crippen LogP) is 5.72. The van der Waals surface area contributed by atoms with Gasteiger partial charge >= 0.3 is 0 Å². The lowest BCUT2D eigenvalue weighted by Gasteiger charge is -2.14. The third-order valence-electron chi connectivity index (χ3n) is 4.94. The van der Waals surface area contributed by atoms with E-state index >= 15 is 0 Å². The number of carbonyl (C=O) groups excluding carboxylic acids is 1. The molecular weight excluding hydrogens is 506 g/mol. The molecule has 0 spiro atoms. The molecule has 0 saturated carbocycles. The minimum absolute atomic E-state index is 0.0401. The van der Waals surface area contributed by atoms with Crippen molar-refractivity contribution in [2.24, 2.45) is 0 Å². The number of rotatable bonds is 4. The van der Waals surface area contributed by atoms with Crippen LogP contribution >= 0.6 is 28.1 Å². The van der Waals surface area contributed by atoms with Crippen molar-refractivity contribution in [1.82, 2.24) is 10.3 Å². The maximum Gasteiger partial charge on any atom is 0.261 e. The molecule has 4 aromatic rings. The van der Waals surface area contributed by atoms with Crippen molar-refractivity contribution in [2.75, 3.05) is 12.4 Å². The van der Waals surface area contributed by atoms with Crippen LogP contribution in [-0.2, 0) is 0 Å². The lowest BCUT2D eigenvalue weighted by Crippen LogP contribution is -2.34. The number of fused-ring (bicyclic) bond motifs is 1. The number of nitrogens with zero attached hydrogens (tertiary/aromatic N) is 1. The number of aryl methyl sites for hydroxylation is 2. The van der Waals surface area contributed by atoms with Gasteiger partial charge in [0.2, 0.25) is 5.89 Å². The molecule has 0 atom stereocenters. The van der Waals surface area contributed by atoms with Crippen LogP contribution < -0.4 is 15.4 Å². The summed E-state index contributed by atoms with van der Waals surface area (Å²) in [6, 6.07) is 14.1. The first-order valence-corrected chi connectivity index (χ1v) is 11.1. The van der Waals surface area contributed by atoms with Gasteiger partial charge in [-0.1, -0.05) is 22.0 Å². The number of oxazole rings is 1. The smallest absolute Gasteiger partial charge is 0.261 e. The number of amides is 1. The molecule has 0 aliphatic rings. The fourth-order valence-electron chi connectivity index (χ4n) is 3.45. The first-order valence-electron chi connectivity index (χ1n) is 9.92. The Morgan fingerprint density at radius 1 is 1.15 bits per heavy atom. The van der Waals surface area contributed by atoms with Gasteiger partial charge in [0, 0.05) is 16.2 Å². The topological polar surface area (TPSA) is 96.6 Å². The number of benzene rings is 3. The van der Waals surface area contributed by atoms with Crippen LogP contribution in [0.25, 0.3) is 22.6 Å². The molecular formula is C24H20BrN3O4S. The highest BCUT2D eigenvalue weighted by Gasteiger charge is 2.18. The monoisotopic (exact) mass is 525 g/mol. The van der Waals surface area contributed by atoms with Gasteiger partial charge in [-0.2, -0.15) is 0 Å². The molecule has 9 heteroatoms. The van der Waals surface area contributed by atoms with Crippen LogP contribution in [0.4, 0.5) is 5.69 Å². The molecule has 33 heavy (non-hydrogen) atoms. The van der Waals surface area contributed by atoms with Gasteiger partial charge < -0.3 is 19.6 Å². The number of ether oxygens (including phenoxy) is 1. The van der Waals surface area contributed by atoms with Crippen molar-refractivity contribution < 1.29 is 19.1 Å². The van der Waals surface area contributed by atoms with Crippen molar-refractivity contribution in [3.05, 3.63) is 69.7 Å². The number of phenolic OH excluding ortho intramolecular Hbond substituents is 1. The SMILES string of the molecule is COc1c(C)cc(Br)cc1C(=O)NC(=S)Nc1ccc(-c2nc3cc(C)ccc3o2)c(O)c1. The Morgan fingerprint density at radius 2 is 1.94 bits per heavy atom. The van der Waals surface area contributed by atoms with E-state index in [1.807, 2.05) is 38.1 Å². The molecule has 1 heterocycles. The summed E-state index contributed by atoms with van der Waals surface area (Å²) >= 11 is 8.66. The summed E-state index contributed by atoms with van der Waals surface area (Å²) in [4.78, 5) is 17.2. The molecule has 3 N–H and O–H groups in total. The van der Waals surface area contributed by atoms with E-state index < -0.39 is 5.91 Å². The van der Waals surface area contributed by atoms with E-state index in [-0.39, 0.29) is 10.9 Å². The van der Waals surface area contributed by atoms with Crippen molar-refractivity contribution in [2.45, 2.75) is 13.8 Å². The van der Waals surface area contributed by atoms with E-state index in [9.17, 15) is 9.90 Å². The Kier molecular flexibility index (Phi) is 6.35. The second kappa shape index (κ2) is 9.21. The number of aromatic hydroxyl groups is 1. The van der Waals surface area contributed by atoms with Crippen LogP contribution in [0.5, 0.6) is 11.5 Å². The molecule has 7 nitrogen and oxygen atoms in total. The summed E-state index contributed by atoms with van der Waals surface area (Å²) in [5, 5.41) is 16.1. The summed E-state index contributed by atoms with van der Waals surface area (Å²) < 4.78 is 11.9. The van der Waals surface area contributed by atoms with Gasteiger partial charge in [0.15, 0.2) is 10.7 Å². The molecule has 3 aromatic carbocycles. The third-order valence-corrected chi connectivity index (χ3v) is 5.61. The molecule has 0 fully saturated rings. The normalized spacial score (nSPS) is 10.8. The zero-order valence-corrected chi connectivity index (χ0v) is 20.4. The maximum atomic E-state index is 12.7. The van der Waals surface area contributed by atoms with Crippen LogP contribution in [0.15, 0.2) is 57.4 Å². The number of methoxy groups -OCH3 is 1. The van der Waals surface area contributed by atoms with E-state index in [0.717, 1.165) is 15.6 Å². The summed E-state index contributed by atoms with van der Waals surface area (Å²) in [5.74, 6) is 0.319. The Labute approximate surface area is 203 Å². The molecule has 0 unspecified atom stereocenters. The average Bonchev–Trinajstić information content (AvgIpc) is 3.16. The number of nitrogens with one attached hydrogen (secondary N) is 2. The highest BCUT2D eigenvalue weighted by atomic mass is 79.9. The number of hydrogen-bond donors (Lipinski definition) is 3. The van der Waals surface area contributed by atoms with Gasteiger partial charge in [0.25, 0.3) is 5.91 Å². The van der Waals surface area contributed by atoms with Crippen LogP contribution in [0.2, 0.25) is 0 Å². The summed E-state index contributed by atoms with van der Waals surface area (Å²) in [5.41, 5.74) is 4.51. The number of aromatic nitrogens is 1. The molecule has 0 aliphatic heterocycles. The van der Waals surface area contributed by atoms with E-state index in [1.54, 1.807) is 18.2 Å². The summed E-state index contributed by atoms with van der Waals surface area (Å²) in [6.45, 7) is 3.82. The van der Waals surface area contributed by atoms with Gasteiger partial charge in [-0.25, -0.2) is 4.98 Å². The van der Waals surface area contributed by atoms with Crippen LogP contribution in [-0.4, -0.2) is 28.2 Å². The minimum atomic E-state index is -0.420. The standard InChI is InChI=1S/C24H20BrN3O4S/c1-12-4-7-20-18(8-12)27-23(32-20)16-6-5-15(11-19(16)29)26-24(33)28-22(30)17-10-14(25)9-13(2)21(17)31-3/h4-11,29H,1-3H3,(H2,26,28,30,33). The Bertz CT molecular complexity index is 1400. The van der Waals surface area contributed by atoms with Gasteiger partial charge in [-0.05, 0) is 73.6 Å². The molecule has 168 valence electrons. The van der Waals surface area contributed by atoms with E-state index in [2.05, 4.69) is 31.5 Å². The van der Waals surface area contributed by atoms with Crippen LogP contribution in [0, 0.1) is 13.8 Å². The zero-order valence-electron chi connectivity index (χ0n) is 18.0. The zero-order chi connectivity index (χ0) is 23.7. The first-order chi connectivity index (χ1) is 15.7. The van der Waals surface area contributed by atoms with E-state index in [1.165, 1.54) is 13.2 Å². The van der Waals surface area contributed by atoms with Gasteiger partial charge in [0.1, 0.15) is 17.0 Å². The number of carbonyl (C=O) groups is 1. The van der Waals surface area contributed by atoms with Crippen LogP contribution in [0.1, 0.15) is 21.5 Å². The first kappa shape index (κ1) is 22.8. The third kappa shape index (κ3) is 4.84. The van der Waals surface area contributed by atoms with Crippen LogP contribution in [0.3, 0.4) is 0 Å². The second-order valence-electron chi connectivity index (χ2n) is 7.43. The van der Waals surface area contributed by atoms with Gasteiger partial charge in [-0.3, -0.25) is 10.1 Å². The molecule has 0 radical (unpaired) electrons. The Hall–Kier alpha value is -3.43. The molecule has 1 aromatic heterocycles. The number of hydrogen-bond acceptors (Lipinski definition) is 6. The minimum Gasteiger partial charge on any atom is -0.507 e. The number of anilines is 1. The second-order valence-corrected chi connectivity index (χ2v) is 8.76. The summed E-state index contributed by atoms with van der Waals surface area (Å²) in [7, 11) is 1.51. The molecule has 4 rings (SSSR count). The predicted molar refractivity (Wildman–Crippen MR) is 135 cm³/mol. The number of phenols is 1. The fourth-order valence-corrected chi connectivity index (χ4v) is 4.23. The Morgan fingerprint density at radius 3 is 2.67 bits per heavy atom. The van der Waals surface area contributed by atoms with Crippen molar-refractivity contribution in [1.29, 1.82) is 0 Å². The lowest BCUT2D eigenvalue weighted by molar-refractivity contribution is 0.0974. The summed E-state index contributed by atoms with van der Waals surface area (Å²) in [6.07, 6.45) is 0. The van der Waals surface area contributed by atoms with Gasteiger partial charge in [-0.15, -0.1) is 0 Å². The van der Waals surface area contributed by atoms with E-state index in [4.69, 9.17) is 21.4 Å². The van der Waals surface area contributed by atoms with Crippen molar-refractivity contribution >= 4 is 56.0 Å².